The molecule has 0 saturated carbocycles. The molecule has 98 valence electrons. The number of carbonyl (C=O) groups is 1. The normalized spacial score (nSPS) is 11.6. The van der Waals surface area contributed by atoms with E-state index >= 15 is 0 Å². The van der Waals surface area contributed by atoms with Crippen molar-refractivity contribution in [3.63, 3.8) is 0 Å². The number of aldehydes is 1. The summed E-state index contributed by atoms with van der Waals surface area (Å²) in [6, 6.07) is 5.97. The van der Waals surface area contributed by atoms with Crippen LogP contribution in [0.15, 0.2) is 24.4 Å². The van der Waals surface area contributed by atoms with E-state index in [9.17, 15) is 4.79 Å². The molecule has 18 heavy (non-hydrogen) atoms. The average Bonchev–Trinajstić information content (AvgIpc) is 2.34. The van der Waals surface area contributed by atoms with Crippen LogP contribution in [0.2, 0.25) is 0 Å². The molecule has 1 rings (SSSR count). The fourth-order valence-corrected chi connectivity index (χ4v) is 1.75. The minimum atomic E-state index is 0.418. The molecule has 0 spiro atoms. The lowest BCUT2D eigenvalue weighted by atomic mass is 9.97. The second-order valence-corrected chi connectivity index (χ2v) is 4.78. The van der Waals surface area contributed by atoms with Crippen LogP contribution in [0, 0.1) is 0 Å². The summed E-state index contributed by atoms with van der Waals surface area (Å²) in [6.45, 7) is 4.25. The van der Waals surface area contributed by atoms with Crippen LogP contribution < -0.4 is 4.74 Å². The van der Waals surface area contributed by atoms with E-state index in [0.29, 0.717) is 11.5 Å². The molecule has 0 bridgehead atoms. The molecule has 1 aromatic rings. The molecule has 0 aliphatic rings. The molecule has 0 amide bonds. The Morgan fingerprint density at radius 1 is 1.33 bits per heavy atom. The van der Waals surface area contributed by atoms with Gasteiger partial charge >= 0.3 is 0 Å². The van der Waals surface area contributed by atoms with Gasteiger partial charge < -0.3 is 9.64 Å². The third-order valence-corrected chi connectivity index (χ3v) is 2.73. The molecule has 1 aromatic carbocycles. The first-order valence-corrected chi connectivity index (χ1v) is 6.01. The summed E-state index contributed by atoms with van der Waals surface area (Å²) in [6.07, 6.45) is 2.66. The van der Waals surface area contributed by atoms with Gasteiger partial charge in [0.05, 0.1) is 7.11 Å². The molecule has 0 N–H and O–H groups in total. The first-order valence-electron chi connectivity index (χ1n) is 6.01. The summed E-state index contributed by atoms with van der Waals surface area (Å²) < 4.78 is 5.33. The lowest BCUT2D eigenvalue weighted by Gasteiger charge is -2.14. The highest BCUT2D eigenvalue weighted by Crippen LogP contribution is 2.29. The van der Waals surface area contributed by atoms with Crippen LogP contribution in [-0.4, -0.2) is 32.4 Å². The van der Waals surface area contributed by atoms with Crippen molar-refractivity contribution < 1.29 is 9.53 Å². The van der Waals surface area contributed by atoms with Crippen molar-refractivity contribution in [2.24, 2.45) is 0 Å². The zero-order valence-corrected chi connectivity index (χ0v) is 11.7. The Kier molecular flexibility index (Phi) is 4.95. The number of allylic oxidation sites excluding steroid dienone is 1. The number of nitrogens with zero attached hydrogens (tertiary/aromatic N) is 1. The maximum Gasteiger partial charge on any atom is 0.152 e. The van der Waals surface area contributed by atoms with E-state index in [1.807, 2.05) is 37.2 Å². The van der Waals surface area contributed by atoms with E-state index in [1.165, 1.54) is 5.56 Å². The van der Waals surface area contributed by atoms with Crippen LogP contribution in [0.25, 0.3) is 5.57 Å². The Morgan fingerprint density at radius 3 is 2.44 bits per heavy atom. The fraction of sp³-hybridized carbons (Fsp3) is 0.400. The first-order chi connectivity index (χ1) is 8.49. The maximum atomic E-state index is 11.2. The second kappa shape index (κ2) is 6.24. The van der Waals surface area contributed by atoms with Crippen LogP contribution in [0.4, 0.5) is 0 Å². The Morgan fingerprint density at radius 2 is 2.00 bits per heavy atom. The zero-order valence-electron chi connectivity index (χ0n) is 11.7. The topological polar surface area (TPSA) is 29.5 Å². The van der Waals surface area contributed by atoms with Crippen molar-refractivity contribution >= 4 is 11.9 Å². The van der Waals surface area contributed by atoms with Gasteiger partial charge in [0.15, 0.2) is 6.29 Å². The van der Waals surface area contributed by atoms with Crippen molar-refractivity contribution in [1.29, 1.82) is 0 Å². The van der Waals surface area contributed by atoms with Gasteiger partial charge in [0, 0.05) is 31.4 Å². The van der Waals surface area contributed by atoms with Gasteiger partial charge in [-0.25, -0.2) is 0 Å². The Bertz CT molecular complexity index is 448. The van der Waals surface area contributed by atoms with E-state index in [4.69, 9.17) is 4.74 Å². The van der Waals surface area contributed by atoms with Crippen molar-refractivity contribution in [1.82, 2.24) is 4.90 Å². The van der Waals surface area contributed by atoms with Crippen molar-refractivity contribution in [2.45, 2.75) is 19.8 Å². The van der Waals surface area contributed by atoms with Crippen LogP contribution >= 0.6 is 0 Å². The number of hydrogen-bond acceptors (Lipinski definition) is 3. The predicted molar refractivity (Wildman–Crippen MR) is 74.8 cm³/mol. The Labute approximate surface area is 109 Å². The number of ether oxygens (including phenoxy) is 1. The van der Waals surface area contributed by atoms with Gasteiger partial charge in [-0.05, 0) is 23.6 Å². The highest BCUT2D eigenvalue weighted by molar-refractivity contribution is 6.08. The molecule has 3 nitrogen and oxygen atoms in total. The summed E-state index contributed by atoms with van der Waals surface area (Å²) in [5, 5.41) is 0. The summed E-state index contributed by atoms with van der Waals surface area (Å²) in [5.74, 6) is 1.14. The van der Waals surface area contributed by atoms with E-state index in [2.05, 4.69) is 13.8 Å². The van der Waals surface area contributed by atoms with Gasteiger partial charge in [-0.3, -0.25) is 4.79 Å². The molecule has 0 radical (unpaired) electrons. The number of methoxy groups -OCH3 is 1. The fourth-order valence-electron chi connectivity index (χ4n) is 1.75. The van der Waals surface area contributed by atoms with Crippen molar-refractivity contribution in [3.05, 3.63) is 35.5 Å². The monoisotopic (exact) mass is 247 g/mol. The number of benzene rings is 1. The molecule has 0 fully saturated rings. The Balaban J connectivity index is 3.34. The lowest BCUT2D eigenvalue weighted by Crippen LogP contribution is -2.04. The summed E-state index contributed by atoms with van der Waals surface area (Å²) in [5.41, 5.74) is 2.66. The molecular weight excluding hydrogens is 226 g/mol. The first kappa shape index (κ1) is 14.3. The van der Waals surface area contributed by atoms with E-state index in [-0.39, 0.29) is 0 Å². The van der Waals surface area contributed by atoms with Gasteiger partial charge in [0.25, 0.3) is 0 Å². The maximum absolute atomic E-state index is 11.2. The molecule has 0 heterocycles. The minimum Gasteiger partial charge on any atom is -0.496 e. The molecule has 0 saturated heterocycles. The standard InChI is InChI=1S/C15H21NO2/c1-11(2)12-6-7-15(18-5)14(8-12)13(10-17)9-16(3)4/h6-11H,1-5H3/b13-9+. The molecule has 0 aliphatic carbocycles. The summed E-state index contributed by atoms with van der Waals surface area (Å²) in [4.78, 5) is 13.1. The molecule has 0 unspecified atom stereocenters. The average molecular weight is 247 g/mol. The van der Waals surface area contributed by atoms with Gasteiger partial charge in [0.1, 0.15) is 5.75 Å². The van der Waals surface area contributed by atoms with E-state index in [1.54, 1.807) is 13.3 Å². The quantitative estimate of drug-likeness (QED) is 0.592. The van der Waals surface area contributed by atoms with Gasteiger partial charge in [-0.1, -0.05) is 19.9 Å². The van der Waals surface area contributed by atoms with Crippen molar-refractivity contribution in [3.8, 4) is 5.75 Å². The number of carbonyl (C=O) groups excluding carboxylic acids is 1. The van der Waals surface area contributed by atoms with Crippen LogP contribution in [0.5, 0.6) is 5.75 Å². The van der Waals surface area contributed by atoms with Crippen LogP contribution in [-0.2, 0) is 4.79 Å². The zero-order chi connectivity index (χ0) is 13.7. The van der Waals surface area contributed by atoms with E-state index in [0.717, 1.165) is 17.6 Å². The van der Waals surface area contributed by atoms with E-state index < -0.39 is 0 Å². The van der Waals surface area contributed by atoms with Gasteiger partial charge in [-0.2, -0.15) is 0 Å². The van der Waals surface area contributed by atoms with Gasteiger partial charge in [0.2, 0.25) is 0 Å². The van der Waals surface area contributed by atoms with Crippen molar-refractivity contribution in [2.75, 3.05) is 21.2 Å². The molecule has 0 atom stereocenters. The smallest absolute Gasteiger partial charge is 0.152 e. The minimum absolute atomic E-state index is 0.418. The second-order valence-electron chi connectivity index (χ2n) is 4.78. The highest BCUT2D eigenvalue weighted by Gasteiger charge is 2.11. The number of hydrogen-bond donors (Lipinski definition) is 0. The predicted octanol–water partition coefficient (Wildman–Crippen LogP) is 2.92. The summed E-state index contributed by atoms with van der Waals surface area (Å²) in [7, 11) is 5.40. The molecule has 3 heteroatoms. The molecule has 0 aliphatic heterocycles. The largest absolute Gasteiger partial charge is 0.496 e. The third kappa shape index (κ3) is 3.36. The third-order valence-electron chi connectivity index (χ3n) is 2.73. The molecular formula is C15H21NO2. The number of rotatable bonds is 5. The summed E-state index contributed by atoms with van der Waals surface area (Å²) >= 11 is 0. The SMILES string of the molecule is COc1ccc(C(C)C)cc1/C(C=O)=C/N(C)C. The lowest BCUT2D eigenvalue weighted by molar-refractivity contribution is -0.103. The highest BCUT2D eigenvalue weighted by atomic mass is 16.5. The Hall–Kier alpha value is -1.77. The van der Waals surface area contributed by atoms with Crippen LogP contribution in [0.1, 0.15) is 30.9 Å². The van der Waals surface area contributed by atoms with Crippen LogP contribution in [0.3, 0.4) is 0 Å². The van der Waals surface area contributed by atoms with Gasteiger partial charge in [-0.15, -0.1) is 0 Å². The molecule has 0 aromatic heterocycles.